The molecule has 1 aliphatic carbocycles. The van der Waals surface area contributed by atoms with Crippen LogP contribution in [0.2, 0.25) is 0 Å². The Morgan fingerprint density at radius 1 is 1.44 bits per heavy atom. The van der Waals surface area contributed by atoms with Crippen LogP contribution >= 0.6 is 0 Å². The molecule has 0 saturated heterocycles. The van der Waals surface area contributed by atoms with Gasteiger partial charge in [0.25, 0.3) is 5.91 Å². The number of anilines is 1. The van der Waals surface area contributed by atoms with Gasteiger partial charge in [0.05, 0.1) is 0 Å². The van der Waals surface area contributed by atoms with Gasteiger partial charge in [0.2, 0.25) is 5.91 Å². The highest BCUT2D eigenvalue weighted by molar-refractivity contribution is 5.94. The van der Waals surface area contributed by atoms with Crippen molar-refractivity contribution in [1.29, 1.82) is 0 Å². The molecule has 1 heterocycles. The Balaban J connectivity index is 2.14. The number of carbonyl (C=O) groups excluding carboxylic acids is 2. The monoisotopic (exact) mass is 220 g/mol. The van der Waals surface area contributed by atoms with Gasteiger partial charge in [-0.15, -0.1) is 10.2 Å². The molecular weight excluding hydrogens is 208 g/mol. The minimum atomic E-state index is -0.620. The second-order valence-electron chi connectivity index (χ2n) is 3.89. The third-order valence-corrected chi connectivity index (χ3v) is 2.42. The van der Waals surface area contributed by atoms with Gasteiger partial charge in [-0.25, -0.2) is 0 Å². The zero-order valence-electron chi connectivity index (χ0n) is 8.86. The van der Waals surface area contributed by atoms with Crippen LogP contribution in [0.1, 0.15) is 28.9 Å². The van der Waals surface area contributed by atoms with Crippen molar-refractivity contribution in [3.8, 4) is 0 Å². The fraction of sp³-hybridized carbons (Fsp3) is 0.400. The summed E-state index contributed by atoms with van der Waals surface area (Å²) in [7, 11) is 0. The Hall–Kier alpha value is -1.98. The normalized spacial score (nSPS) is 14.6. The SMILES string of the molecule is Cc1cc(NC(=O)C2CC2)nnc1C(N)=O. The first-order chi connectivity index (χ1) is 7.58. The molecule has 6 heteroatoms. The molecule has 0 aliphatic heterocycles. The van der Waals surface area contributed by atoms with E-state index in [1.807, 2.05) is 0 Å². The summed E-state index contributed by atoms with van der Waals surface area (Å²) in [6, 6.07) is 1.59. The van der Waals surface area contributed by atoms with Crippen molar-refractivity contribution in [1.82, 2.24) is 10.2 Å². The maximum absolute atomic E-state index is 11.4. The van der Waals surface area contributed by atoms with Crippen molar-refractivity contribution >= 4 is 17.6 Å². The summed E-state index contributed by atoms with van der Waals surface area (Å²) in [5, 5.41) is 10.0. The Bertz CT molecular complexity index is 454. The molecular formula is C10H12N4O2. The van der Waals surface area contributed by atoms with Gasteiger partial charge in [-0.2, -0.15) is 0 Å². The van der Waals surface area contributed by atoms with Crippen molar-refractivity contribution in [2.45, 2.75) is 19.8 Å². The number of amides is 2. The van der Waals surface area contributed by atoms with Crippen LogP contribution in [0.4, 0.5) is 5.82 Å². The fourth-order valence-electron chi connectivity index (χ4n) is 1.36. The van der Waals surface area contributed by atoms with Gasteiger partial charge in [-0.1, -0.05) is 0 Å². The van der Waals surface area contributed by atoms with Crippen LogP contribution in [0.15, 0.2) is 6.07 Å². The van der Waals surface area contributed by atoms with Gasteiger partial charge in [0, 0.05) is 5.92 Å². The van der Waals surface area contributed by atoms with E-state index in [1.165, 1.54) is 0 Å². The van der Waals surface area contributed by atoms with Crippen molar-refractivity contribution in [3.05, 3.63) is 17.3 Å². The number of rotatable bonds is 3. The summed E-state index contributed by atoms with van der Waals surface area (Å²) in [5.41, 5.74) is 5.83. The van der Waals surface area contributed by atoms with Gasteiger partial charge in [0.1, 0.15) is 0 Å². The first-order valence-corrected chi connectivity index (χ1v) is 5.03. The van der Waals surface area contributed by atoms with E-state index in [0.29, 0.717) is 11.4 Å². The molecule has 2 rings (SSSR count). The molecule has 1 aromatic rings. The van der Waals surface area contributed by atoms with Crippen molar-refractivity contribution in [2.24, 2.45) is 11.7 Å². The number of aromatic nitrogens is 2. The third kappa shape index (κ3) is 2.16. The summed E-state index contributed by atoms with van der Waals surface area (Å²) >= 11 is 0. The molecule has 2 amide bonds. The van der Waals surface area contributed by atoms with E-state index in [-0.39, 0.29) is 17.5 Å². The summed E-state index contributed by atoms with van der Waals surface area (Å²) in [6.45, 7) is 1.70. The van der Waals surface area contributed by atoms with Crippen LogP contribution in [0.3, 0.4) is 0 Å². The molecule has 0 aromatic carbocycles. The number of nitrogens with two attached hydrogens (primary N) is 1. The Kier molecular flexibility index (Phi) is 2.55. The molecule has 0 radical (unpaired) electrons. The summed E-state index contributed by atoms with van der Waals surface area (Å²) in [5.74, 6) is -0.192. The van der Waals surface area contributed by atoms with E-state index in [2.05, 4.69) is 15.5 Å². The van der Waals surface area contributed by atoms with Crippen molar-refractivity contribution in [2.75, 3.05) is 5.32 Å². The van der Waals surface area contributed by atoms with Gasteiger partial charge in [-0.05, 0) is 31.4 Å². The first kappa shape index (κ1) is 10.5. The average Bonchev–Trinajstić information content (AvgIpc) is 2.99. The minimum absolute atomic E-state index is 0.0412. The number of carbonyl (C=O) groups is 2. The molecule has 84 valence electrons. The van der Waals surface area contributed by atoms with Gasteiger partial charge < -0.3 is 11.1 Å². The molecule has 6 nitrogen and oxygen atoms in total. The molecule has 1 fully saturated rings. The Labute approximate surface area is 92.2 Å². The van der Waals surface area contributed by atoms with Crippen LogP contribution in [0, 0.1) is 12.8 Å². The highest BCUT2D eigenvalue weighted by Crippen LogP contribution is 2.29. The maximum Gasteiger partial charge on any atom is 0.269 e. The molecule has 3 N–H and O–H groups in total. The lowest BCUT2D eigenvalue weighted by Gasteiger charge is -2.04. The van der Waals surface area contributed by atoms with Crippen LogP contribution in [-0.2, 0) is 4.79 Å². The molecule has 1 aromatic heterocycles. The lowest BCUT2D eigenvalue weighted by molar-refractivity contribution is -0.117. The quantitative estimate of drug-likeness (QED) is 0.761. The van der Waals surface area contributed by atoms with Crippen LogP contribution in [0.5, 0.6) is 0 Å². The minimum Gasteiger partial charge on any atom is -0.364 e. The number of hydrogen-bond acceptors (Lipinski definition) is 4. The van der Waals surface area contributed by atoms with Gasteiger partial charge in [0.15, 0.2) is 11.5 Å². The van der Waals surface area contributed by atoms with Crippen LogP contribution in [0.25, 0.3) is 0 Å². The number of nitrogens with zero attached hydrogens (tertiary/aromatic N) is 2. The van der Waals surface area contributed by atoms with Gasteiger partial charge >= 0.3 is 0 Å². The van der Waals surface area contributed by atoms with E-state index in [1.54, 1.807) is 13.0 Å². The predicted molar refractivity (Wildman–Crippen MR) is 56.6 cm³/mol. The molecule has 16 heavy (non-hydrogen) atoms. The number of hydrogen-bond donors (Lipinski definition) is 2. The zero-order chi connectivity index (χ0) is 11.7. The molecule has 0 spiro atoms. The number of primary amides is 1. The van der Waals surface area contributed by atoms with E-state index in [9.17, 15) is 9.59 Å². The fourth-order valence-corrected chi connectivity index (χ4v) is 1.36. The largest absolute Gasteiger partial charge is 0.364 e. The smallest absolute Gasteiger partial charge is 0.269 e. The molecule has 0 bridgehead atoms. The van der Waals surface area contributed by atoms with Crippen molar-refractivity contribution in [3.63, 3.8) is 0 Å². The average molecular weight is 220 g/mol. The lowest BCUT2D eigenvalue weighted by Crippen LogP contribution is -2.19. The van der Waals surface area contributed by atoms with Crippen LogP contribution < -0.4 is 11.1 Å². The highest BCUT2D eigenvalue weighted by atomic mass is 16.2. The molecule has 1 aliphatic rings. The second-order valence-corrected chi connectivity index (χ2v) is 3.89. The third-order valence-electron chi connectivity index (χ3n) is 2.42. The topological polar surface area (TPSA) is 98.0 Å². The summed E-state index contributed by atoms with van der Waals surface area (Å²) in [4.78, 5) is 22.3. The van der Waals surface area contributed by atoms with E-state index < -0.39 is 5.91 Å². The standard InChI is InChI=1S/C10H12N4O2/c1-5-4-7(12-10(16)6-2-3-6)13-14-8(5)9(11)15/h4,6H,2-3H2,1H3,(H2,11,15)(H,12,13,16). The Morgan fingerprint density at radius 2 is 2.12 bits per heavy atom. The first-order valence-electron chi connectivity index (χ1n) is 5.03. The second kappa shape index (κ2) is 3.88. The maximum atomic E-state index is 11.4. The number of aryl methyl sites for hydroxylation is 1. The molecule has 1 saturated carbocycles. The lowest BCUT2D eigenvalue weighted by atomic mass is 10.2. The van der Waals surface area contributed by atoms with E-state index >= 15 is 0 Å². The van der Waals surface area contributed by atoms with E-state index in [4.69, 9.17) is 5.73 Å². The summed E-state index contributed by atoms with van der Waals surface area (Å²) in [6.07, 6.45) is 1.86. The zero-order valence-corrected chi connectivity index (χ0v) is 8.86. The highest BCUT2D eigenvalue weighted by Gasteiger charge is 2.29. The van der Waals surface area contributed by atoms with Crippen molar-refractivity contribution < 1.29 is 9.59 Å². The molecule has 0 atom stereocenters. The summed E-state index contributed by atoms with van der Waals surface area (Å²) < 4.78 is 0. The molecule has 0 unspecified atom stereocenters. The number of nitrogens with one attached hydrogen (secondary N) is 1. The van der Waals surface area contributed by atoms with E-state index in [0.717, 1.165) is 12.8 Å². The Morgan fingerprint density at radius 3 is 2.62 bits per heavy atom. The van der Waals surface area contributed by atoms with Crippen LogP contribution in [-0.4, -0.2) is 22.0 Å². The van der Waals surface area contributed by atoms with Gasteiger partial charge in [-0.3, -0.25) is 9.59 Å². The predicted octanol–water partition coefficient (Wildman–Crippen LogP) is 0.232.